The van der Waals surface area contributed by atoms with Gasteiger partial charge in [0, 0.05) is 6.92 Å². The molecule has 0 saturated heterocycles. The Hall–Kier alpha value is -1.65. The smallest absolute Gasteiger partial charge is 0.338 e. The van der Waals surface area contributed by atoms with Crippen LogP contribution in [0.25, 0.3) is 6.08 Å². The SMILES string of the molecule is Cc1onc(C=CC(C)C)c1[N+](=O)[O-]. The molecule has 0 aliphatic carbocycles. The lowest BCUT2D eigenvalue weighted by atomic mass is 10.2. The van der Waals surface area contributed by atoms with Crippen LogP contribution < -0.4 is 0 Å². The van der Waals surface area contributed by atoms with Gasteiger partial charge in [0.05, 0.1) is 4.92 Å². The number of rotatable bonds is 3. The molecule has 0 spiro atoms. The molecule has 0 aromatic carbocycles. The van der Waals surface area contributed by atoms with Crippen molar-refractivity contribution < 1.29 is 9.45 Å². The molecule has 5 nitrogen and oxygen atoms in total. The topological polar surface area (TPSA) is 69.2 Å². The summed E-state index contributed by atoms with van der Waals surface area (Å²) in [5, 5.41) is 14.2. The van der Waals surface area contributed by atoms with Crippen LogP contribution in [-0.4, -0.2) is 10.1 Å². The number of aromatic nitrogens is 1. The Morgan fingerprint density at radius 3 is 2.71 bits per heavy atom. The van der Waals surface area contributed by atoms with Crippen molar-refractivity contribution >= 4 is 11.8 Å². The first kappa shape index (κ1) is 10.4. The third-order valence-corrected chi connectivity index (χ3v) is 1.68. The van der Waals surface area contributed by atoms with Gasteiger partial charge in [0.2, 0.25) is 5.76 Å². The summed E-state index contributed by atoms with van der Waals surface area (Å²) in [6.07, 6.45) is 3.45. The van der Waals surface area contributed by atoms with Crippen molar-refractivity contribution in [2.75, 3.05) is 0 Å². The Balaban J connectivity index is 3.04. The number of nitrogens with zero attached hydrogens (tertiary/aromatic N) is 2. The minimum atomic E-state index is -0.480. The highest BCUT2D eigenvalue weighted by atomic mass is 16.6. The molecule has 0 radical (unpaired) electrons. The van der Waals surface area contributed by atoms with Crippen molar-refractivity contribution in [3.63, 3.8) is 0 Å². The van der Waals surface area contributed by atoms with E-state index >= 15 is 0 Å². The van der Waals surface area contributed by atoms with Gasteiger partial charge in [0.15, 0.2) is 5.69 Å². The van der Waals surface area contributed by atoms with Gasteiger partial charge in [-0.1, -0.05) is 25.1 Å². The molecule has 1 heterocycles. The first-order valence-corrected chi connectivity index (χ1v) is 4.31. The summed E-state index contributed by atoms with van der Waals surface area (Å²) >= 11 is 0. The number of hydrogen-bond donors (Lipinski definition) is 0. The van der Waals surface area contributed by atoms with Crippen molar-refractivity contribution in [1.82, 2.24) is 5.16 Å². The fraction of sp³-hybridized carbons (Fsp3) is 0.444. The highest BCUT2D eigenvalue weighted by Gasteiger charge is 2.21. The van der Waals surface area contributed by atoms with Gasteiger partial charge in [-0.3, -0.25) is 10.1 Å². The Kier molecular flexibility index (Phi) is 3.01. The van der Waals surface area contributed by atoms with Gasteiger partial charge >= 0.3 is 5.69 Å². The van der Waals surface area contributed by atoms with Crippen molar-refractivity contribution in [2.24, 2.45) is 5.92 Å². The van der Waals surface area contributed by atoms with Crippen LogP contribution in [0.4, 0.5) is 5.69 Å². The molecule has 0 atom stereocenters. The molecule has 0 amide bonds. The maximum Gasteiger partial charge on any atom is 0.338 e. The highest BCUT2D eigenvalue weighted by molar-refractivity contribution is 5.57. The largest absolute Gasteiger partial charge is 0.354 e. The van der Waals surface area contributed by atoms with E-state index in [2.05, 4.69) is 5.16 Å². The minimum Gasteiger partial charge on any atom is -0.354 e. The van der Waals surface area contributed by atoms with E-state index in [4.69, 9.17) is 4.52 Å². The summed E-state index contributed by atoms with van der Waals surface area (Å²) in [5.41, 5.74) is 0.225. The summed E-state index contributed by atoms with van der Waals surface area (Å²) in [6.45, 7) is 5.49. The summed E-state index contributed by atoms with van der Waals surface area (Å²) in [6, 6.07) is 0. The van der Waals surface area contributed by atoms with Crippen molar-refractivity contribution in [1.29, 1.82) is 0 Å². The molecule has 0 saturated carbocycles. The van der Waals surface area contributed by atoms with Crippen molar-refractivity contribution in [3.05, 3.63) is 27.6 Å². The average molecular weight is 196 g/mol. The van der Waals surface area contributed by atoms with Crippen molar-refractivity contribution in [3.8, 4) is 0 Å². The molecule has 1 aromatic heterocycles. The van der Waals surface area contributed by atoms with Gasteiger partial charge in [-0.2, -0.15) is 0 Å². The van der Waals surface area contributed by atoms with Crippen LogP contribution in [0.15, 0.2) is 10.6 Å². The first-order valence-electron chi connectivity index (χ1n) is 4.31. The zero-order chi connectivity index (χ0) is 10.7. The molecule has 0 fully saturated rings. The van der Waals surface area contributed by atoms with E-state index in [1.54, 1.807) is 6.08 Å². The number of aryl methyl sites for hydroxylation is 1. The molecule has 0 aliphatic rings. The second-order valence-electron chi connectivity index (χ2n) is 3.33. The summed E-state index contributed by atoms with van der Waals surface area (Å²) in [7, 11) is 0. The van der Waals surface area contributed by atoms with E-state index in [9.17, 15) is 10.1 Å². The molecule has 0 bridgehead atoms. The lowest BCUT2D eigenvalue weighted by Crippen LogP contribution is -1.90. The predicted molar refractivity (Wildman–Crippen MR) is 51.8 cm³/mol. The maximum absolute atomic E-state index is 10.6. The molecular formula is C9H12N2O3. The Labute approximate surface area is 81.5 Å². The number of nitro groups is 1. The summed E-state index contributed by atoms with van der Waals surface area (Å²) in [5.74, 6) is 0.560. The van der Waals surface area contributed by atoms with Gasteiger partial charge in [-0.05, 0) is 12.0 Å². The lowest BCUT2D eigenvalue weighted by Gasteiger charge is -1.91. The van der Waals surface area contributed by atoms with Crippen LogP contribution >= 0.6 is 0 Å². The zero-order valence-corrected chi connectivity index (χ0v) is 8.35. The van der Waals surface area contributed by atoms with E-state index in [-0.39, 0.29) is 17.1 Å². The molecule has 1 aromatic rings. The summed E-state index contributed by atoms with van der Waals surface area (Å²) < 4.78 is 4.75. The fourth-order valence-electron chi connectivity index (χ4n) is 1.000. The Morgan fingerprint density at radius 2 is 2.21 bits per heavy atom. The molecular weight excluding hydrogens is 184 g/mol. The van der Waals surface area contributed by atoms with Crippen LogP contribution in [0.3, 0.4) is 0 Å². The van der Waals surface area contributed by atoms with Crippen LogP contribution in [0.1, 0.15) is 25.3 Å². The third-order valence-electron chi connectivity index (χ3n) is 1.68. The van der Waals surface area contributed by atoms with Gasteiger partial charge in [0.1, 0.15) is 0 Å². The second-order valence-corrected chi connectivity index (χ2v) is 3.33. The molecule has 1 rings (SSSR count). The molecule has 0 unspecified atom stereocenters. The average Bonchev–Trinajstić information content (AvgIpc) is 2.43. The quantitative estimate of drug-likeness (QED) is 0.550. The molecule has 14 heavy (non-hydrogen) atoms. The van der Waals surface area contributed by atoms with E-state index in [1.165, 1.54) is 6.92 Å². The van der Waals surface area contributed by atoms with E-state index in [0.29, 0.717) is 5.92 Å². The Morgan fingerprint density at radius 1 is 1.57 bits per heavy atom. The van der Waals surface area contributed by atoms with Crippen molar-refractivity contribution in [2.45, 2.75) is 20.8 Å². The van der Waals surface area contributed by atoms with Gasteiger partial charge in [-0.25, -0.2) is 0 Å². The zero-order valence-electron chi connectivity index (χ0n) is 8.35. The number of allylic oxidation sites excluding steroid dienone is 1. The first-order chi connectivity index (χ1) is 6.52. The lowest BCUT2D eigenvalue weighted by molar-refractivity contribution is -0.386. The van der Waals surface area contributed by atoms with Gasteiger partial charge in [-0.15, -0.1) is 0 Å². The molecule has 5 heteroatoms. The molecule has 0 aliphatic heterocycles. The van der Waals surface area contributed by atoms with Crippen LogP contribution in [0, 0.1) is 23.0 Å². The number of hydrogen-bond acceptors (Lipinski definition) is 4. The Bertz CT molecular complexity index is 366. The normalized spacial score (nSPS) is 11.4. The van der Waals surface area contributed by atoms with Crippen LogP contribution in [-0.2, 0) is 0 Å². The van der Waals surface area contributed by atoms with Gasteiger partial charge < -0.3 is 4.52 Å². The molecule has 0 N–H and O–H groups in total. The molecule has 76 valence electrons. The van der Waals surface area contributed by atoms with Crippen LogP contribution in [0.5, 0.6) is 0 Å². The second kappa shape index (κ2) is 4.04. The summed E-state index contributed by atoms with van der Waals surface area (Å²) in [4.78, 5) is 10.1. The monoisotopic (exact) mass is 196 g/mol. The minimum absolute atomic E-state index is 0.0538. The fourth-order valence-corrected chi connectivity index (χ4v) is 1.000. The van der Waals surface area contributed by atoms with E-state index in [0.717, 1.165) is 0 Å². The van der Waals surface area contributed by atoms with Gasteiger partial charge in [0.25, 0.3) is 0 Å². The third kappa shape index (κ3) is 2.18. The van der Waals surface area contributed by atoms with E-state index < -0.39 is 4.92 Å². The maximum atomic E-state index is 10.6. The van der Waals surface area contributed by atoms with E-state index in [1.807, 2.05) is 19.9 Å². The highest BCUT2D eigenvalue weighted by Crippen LogP contribution is 2.23. The predicted octanol–water partition coefficient (Wildman–Crippen LogP) is 2.56. The standard InChI is InChI=1S/C9H12N2O3/c1-6(2)4-5-8-9(11(12)13)7(3)14-10-8/h4-6H,1-3H3. The van der Waals surface area contributed by atoms with Crippen LogP contribution in [0.2, 0.25) is 0 Å².